The third kappa shape index (κ3) is 3.90. The summed E-state index contributed by atoms with van der Waals surface area (Å²) < 4.78 is 0. The molecule has 0 saturated carbocycles. The Balaban J connectivity index is 2.97. The van der Waals surface area contributed by atoms with Crippen LogP contribution in [0.15, 0.2) is 29.2 Å². The van der Waals surface area contributed by atoms with Gasteiger partial charge in [0.1, 0.15) is 4.91 Å². The third-order valence-corrected chi connectivity index (χ3v) is 2.64. The first kappa shape index (κ1) is 12.5. The molecule has 1 aromatic rings. The van der Waals surface area contributed by atoms with Gasteiger partial charge in [-0.1, -0.05) is 29.8 Å². The molecule has 1 aromatic carbocycles. The van der Waals surface area contributed by atoms with Gasteiger partial charge in [0.2, 0.25) is 0 Å². The summed E-state index contributed by atoms with van der Waals surface area (Å²) in [6.45, 7) is 3.30. The first-order valence-electron chi connectivity index (χ1n) is 4.69. The van der Waals surface area contributed by atoms with Crippen molar-refractivity contribution in [2.45, 2.75) is 13.8 Å². The normalized spacial score (nSPS) is 11.2. The van der Waals surface area contributed by atoms with Crippen molar-refractivity contribution < 1.29 is 14.7 Å². The number of thioether (sulfide) groups is 1. The fourth-order valence-corrected chi connectivity index (χ4v) is 1.70. The molecule has 0 amide bonds. The maximum Gasteiger partial charge on any atom is 0.342 e. The number of hydrogen-bond donors (Lipinski definition) is 1. The molecule has 84 valence electrons. The van der Waals surface area contributed by atoms with Gasteiger partial charge in [-0.3, -0.25) is 4.79 Å². The van der Waals surface area contributed by atoms with Gasteiger partial charge in [0.25, 0.3) is 0 Å². The van der Waals surface area contributed by atoms with Crippen molar-refractivity contribution >= 4 is 28.9 Å². The molecule has 3 nitrogen and oxygen atoms in total. The largest absolute Gasteiger partial charge is 0.477 e. The van der Waals surface area contributed by atoms with Crippen LogP contribution in [-0.2, 0) is 9.59 Å². The quantitative estimate of drug-likeness (QED) is 0.820. The second kappa shape index (κ2) is 5.51. The average Bonchev–Trinajstić information content (AvgIpc) is 2.19. The van der Waals surface area contributed by atoms with E-state index in [1.807, 2.05) is 31.2 Å². The Morgan fingerprint density at radius 2 is 1.81 bits per heavy atom. The molecule has 0 radical (unpaired) electrons. The molecule has 0 bridgehead atoms. The van der Waals surface area contributed by atoms with Crippen molar-refractivity contribution in [2.75, 3.05) is 0 Å². The summed E-state index contributed by atoms with van der Waals surface area (Å²) in [6.07, 6.45) is 1.49. The first-order valence-corrected chi connectivity index (χ1v) is 5.51. The Morgan fingerprint density at radius 3 is 2.25 bits per heavy atom. The van der Waals surface area contributed by atoms with Crippen LogP contribution in [0.2, 0.25) is 0 Å². The van der Waals surface area contributed by atoms with Crippen LogP contribution in [0.5, 0.6) is 0 Å². The maximum absolute atomic E-state index is 10.9. The number of rotatable bonds is 3. The molecule has 0 aliphatic rings. The van der Waals surface area contributed by atoms with Crippen LogP contribution in [-0.4, -0.2) is 16.2 Å². The molecule has 1 N–H and O–H groups in total. The topological polar surface area (TPSA) is 54.4 Å². The van der Waals surface area contributed by atoms with Crippen molar-refractivity contribution in [3.05, 3.63) is 40.3 Å². The van der Waals surface area contributed by atoms with Gasteiger partial charge in [-0.15, -0.1) is 0 Å². The van der Waals surface area contributed by atoms with Gasteiger partial charge < -0.3 is 5.11 Å². The molecular weight excluding hydrogens is 224 g/mol. The van der Waals surface area contributed by atoms with Crippen LogP contribution < -0.4 is 0 Å². The van der Waals surface area contributed by atoms with Crippen molar-refractivity contribution in [1.82, 2.24) is 0 Å². The molecule has 0 saturated heterocycles. The lowest BCUT2D eigenvalue weighted by atomic mass is 10.1. The van der Waals surface area contributed by atoms with E-state index in [-0.39, 0.29) is 10.0 Å². The number of carbonyl (C=O) groups is 2. The van der Waals surface area contributed by atoms with Crippen LogP contribution in [0.4, 0.5) is 0 Å². The minimum atomic E-state index is -1.08. The lowest BCUT2D eigenvalue weighted by Gasteiger charge is -1.99. The van der Waals surface area contributed by atoms with Crippen LogP contribution in [0.3, 0.4) is 0 Å². The molecule has 0 unspecified atom stereocenters. The summed E-state index contributed by atoms with van der Waals surface area (Å²) in [4.78, 5) is 21.8. The summed E-state index contributed by atoms with van der Waals surface area (Å²) >= 11 is 0.729. The Hall–Kier alpha value is -1.55. The first-order chi connectivity index (χ1) is 7.49. The van der Waals surface area contributed by atoms with E-state index in [4.69, 9.17) is 5.11 Å². The molecule has 0 aromatic heterocycles. The van der Waals surface area contributed by atoms with Crippen LogP contribution in [0.25, 0.3) is 6.08 Å². The van der Waals surface area contributed by atoms with E-state index in [9.17, 15) is 9.59 Å². The summed E-state index contributed by atoms with van der Waals surface area (Å²) in [6, 6.07) is 7.42. The Morgan fingerprint density at radius 1 is 1.25 bits per heavy atom. The SMILES string of the molecule is CC(=O)S/C(=C/c1ccc(C)cc1)C(=O)O. The molecule has 4 heteroatoms. The van der Waals surface area contributed by atoms with Crippen molar-refractivity contribution in [3.8, 4) is 0 Å². The van der Waals surface area contributed by atoms with Crippen LogP contribution >= 0.6 is 11.8 Å². The molecule has 16 heavy (non-hydrogen) atoms. The highest BCUT2D eigenvalue weighted by molar-refractivity contribution is 8.17. The van der Waals surface area contributed by atoms with Gasteiger partial charge in [0, 0.05) is 6.92 Å². The van der Waals surface area contributed by atoms with Gasteiger partial charge in [0.05, 0.1) is 0 Å². The smallest absolute Gasteiger partial charge is 0.342 e. The minimum absolute atomic E-state index is 0.0383. The number of aryl methyl sites for hydroxylation is 1. The second-order valence-electron chi connectivity index (χ2n) is 3.32. The summed E-state index contributed by atoms with van der Waals surface area (Å²) in [5.41, 5.74) is 1.88. The minimum Gasteiger partial charge on any atom is -0.477 e. The predicted octanol–water partition coefficient (Wildman–Crippen LogP) is 2.70. The zero-order chi connectivity index (χ0) is 12.1. The van der Waals surface area contributed by atoms with Gasteiger partial charge in [0.15, 0.2) is 5.12 Å². The van der Waals surface area contributed by atoms with E-state index in [1.54, 1.807) is 0 Å². The lowest BCUT2D eigenvalue weighted by molar-refractivity contribution is -0.131. The summed E-state index contributed by atoms with van der Waals surface area (Å²) in [5, 5.41) is 8.66. The van der Waals surface area contributed by atoms with Gasteiger partial charge in [-0.2, -0.15) is 0 Å². The zero-order valence-electron chi connectivity index (χ0n) is 9.06. The Kier molecular flexibility index (Phi) is 4.31. The van der Waals surface area contributed by atoms with E-state index >= 15 is 0 Å². The number of carboxylic acid groups (broad SMARTS) is 1. The number of benzene rings is 1. The van der Waals surface area contributed by atoms with Crippen molar-refractivity contribution in [3.63, 3.8) is 0 Å². The Bertz CT molecular complexity index is 432. The van der Waals surface area contributed by atoms with E-state index < -0.39 is 5.97 Å². The fraction of sp³-hybridized carbons (Fsp3) is 0.167. The number of carboxylic acids is 1. The fourth-order valence-electron chi connectivity index (χ4n) is 1.10. The molecule has 0 heterocycles. The maximum atomic E-state index is 10.9. The molecule has 1 rings (SSSR count). The molecule has 0 fully saturated rings. The summed E-state index contributed by atoms with van der Waals surface area (Å²) in [7, 11) is 0. The Labute approximate surface area is 98.2 Å². The molecule has 0 aliphatic heterocycles. The average molecular weight is 236 g/mol. The number of carbonyl (C=O) groups excluding carboxylic acids is 1. The number of hydrogen-bond acceptors (Lipinski definition) is 3. The molecule has 0 aliphatic carbocycles. The van der Waals surface area contributed by atoms with E-state index in [0.717, 1.165) is 22.9 Å². The van der Waals surface area contributed by atoms with Crippen LogP contribution in [0.1, 0.15) is 18.1 Å². The highest BCUT2D eigenvalue weighted by Gasteiger charge is 2.10. The number of aliphatic carboxylic acids is 1. The highest BCUT2D eigenvalue weighted by atomic mass is 32.2. The second-order valence-corrected chi connectivity index (χ2v) is 4.54. The lowest BCUT2D eigenvalue weighted by Crippen LogP contribution is -1.99. The van der Waals surface area contributed by atoms with Crippen molar-refractivity contribution in [2.24, 2.45) is 0 Å². The van der Waals surface area contributed by atoms with E-state index in [0.29, 0.717) is 0 Å². The third-order valence-electron chi connectivity index (χ3n) is 1.84. The molecule has 0 atom stereocenters. The predicted molar refractivity (Wildman–Crippen MR) is 65.1 cm³/mol. The standard InChI is InChI=1S/C12H12O3S/c1-8-3-5-10(6-4-8)7-11(12(14)15)16-9(2)13/h3-7H,1-2H3,(H,14,15)/b11-7+. The summed E-state index contributed by atoms with van der Waals surface area (Å²) in [5.74, 6) is -1.08. The van der Waals surface area contributed by atoms with Gasteiger partial charge in [-0.05, 0) is 30.3 Å². The monoisotopic (exact) mass is 236 g/mol. The molecule has 0 spiro atoms. The zero-order valence-corrected chi connectivity index (χ0v) is 9.88. The van der Waals surface area contributed by atoms with Crippen LogP contribution in [0, 0.1) is 6.92 Å². The highest BCUT2D eigenvalue weighted by Crippen LogP contribution is 2.20. The van der Waals surface area contributed by atoms with Crippen molar-refractivity contribution in [1.29, 1.82) is 0 Å². The van der Waals surface area contributed by atoms with Gasteiger partial charge in [-0.25, -0.2) is 4.79 Å². The van der Waals surface area contributed by atoms with E-state index in [1.165, 1.54) is 13.0 Å². The van der Waals surface area contributed by atoms with E-state index in [2.05, 4.69) is 0 Å². The molecular formula is C12H12O3S. The van der Waals surface area contributed by atoms with Gasteiger partial charge >= 0.3 is 5.97 Å².